The summed E-state index contributed by atoms with van der Waals surface area (Å²) in [5.41, 5.74) is 3.16. The first-order valence-corrected chi connectivity index (χ1v) is 9.51. The third-order valence-electron chi connectivity index (χ3n) is 4.65. The SMILES string of the molecule is CN(CC(=O)Nc1ccc(CN2CCCC2)cc1)Cc1ccccc1Cl. The molecule has 1 N–H and O–H groups in total. The molecule has 1 aliphatic heterocycles. The molecule has 1 amide bonds. The van der Waals surface area contributed by atoms with Crippen LogP contribution in [-0.2, 0) is 17.9 Å². The molecule has 26 heavy (non-hydrogen) atoms. The van der Waals surface area contributed by atoms with Crippen molar-refractivity contribution in [3.63, 3.8) is 0 Å². The molecule has 1 saturated heterocycles. The Bertz CT molecular complexity index is 726. The van der Waals surface area contributed by atoms with Crippen LogP contribution in [0.15, 0.2) is 48.5 Å². The Hall–Kier alpha value is -1.88. The van der Waals surface area contributed by atoms with Gasteiger partial charge in [-0.25, -0.2) is 0 Å². The minimum absolute atomic E-state index is 0.0214. The fourth-order valence-corrected chi connectivity index (χ4v) is 3.51. The maximum atomic E-state index is 12.3. The number of likely N-dealkylation sites (N-methyl/N-ethyl adjacent to an activating group) is 1. The molecular weight excluding hydrogens is 346 g/mol. The Morgan fingerprint density at radius 3 is 2.50 bits per heavy atom. The summed E-state index contributed by atoms with van der Waals surface area (Å²) in [7, 11) is 1.92. The first-order valence-electron chi connectivity index (χ1n) is 9.13. The van der Waals surface area contributed by atoms with Crippen LogP contribution in [0, 0.1) is 0 Å². The van der Waals surface area contributed by atoms with Crippen LogP contribution in [0.3, 0.4) is 0 Å². The van der Waals surface area contributed by atoms with E-state index < -0.39 is 0 Å². The summed E-state index contributed by atoms with van der Waals surface area (Å²) < 4.78 is 0. The molecule has 0 atom stereocenters. The monoisotopic (exact) mass is 371 g/mol. The van der Waals surface area contributed by atoms with E-state index in [-0.39, 0.29) is 5.91 Å². The standard InChI is InChI=1S/C21H26ClN3O/c1-24(15-18-6-2-3-7-20(18)22)16-21(26)23-19-10-8-17(9-11-19)14-25-12-4-5-13-25/h2-3,6-11H,4-5,12-16H2,1H3,(H,23,26). The zero-order valence-electron chi connectivity index (χ0n) is 15.2. The van der Waals surface area contributed by atoms with E-state index >= 15 is 0 Å². The average molecular weight is 372 g/mol. The Balaban J connectivity index is 1.47. The van der Waals surface area contributed by atoms with Crippen molar-refractivity contribution in [3.8, 4) is 0 Å². The highest BCUT2D eigenvalue weighted by molar-refractivity contribution is 6.31. The van der Waals surface area contributed by atoms with Gasteiger partial charge in [0, 0.05) is 23.8 Å². The van der Waals surface area contributed by atoms with Gasteiger partial charge in [-0.15, -0.1) is 0 Å². The fraction of sp³-hybridized carbons (Fsp3) is 0.381. The van der Waals surface area contributed by atoms with Crippen LogP contribution in [0.25, 0.3) is 0 Å². The van der Waals surface area contributed by atoms with Crippen LogP contribution < -0.4 is 5.32 Å². The van der Waals surface area contributed by atoms with Crippen LogP contribution in [-0.4, -0.2) is 42.4 Å². The second kappa shape index (κ2) is 9.17. The highest BCUT2D eigenvalue weighted by atomic mass is 35.5. The Morgan fingerprint density at radius 2 is 1.81 bits per heavy atom. The van der Waals surface area contributed by atoms with Gasteiger partial charge in [0.25, 0.3) is 0 Å². The van der Waals surface area contributed by atoms with Crippen molar-refractivity contribution in [2.75, 3.05) is 32.0 Å². The van der Waals surface area contributed by atoms with Gasteiger partial charge in [-0.2, -0.15) is 0 Å². The molecule has 1 heterocycles. The quantitative estimate of drug-likeness (QED) is 0.798. The van der Waals surface area contributed by atoms with Gasteiger partial charge in [0.2, 0.25) is 5.91 Å². The smallest absolute Gasteiger partial charge is 0.238 e. The van der Waals surface area contributed by atoms with E-state index in [9.17, 15) is 4.79 Å². The van der Waals surface area contributed by atoms with Crippen molar-refractivity contribution in [2.24, 2.45) is 0 Å². The largest absolute Gasteiger partial charge is 0.325 e. The molecule has 0 spiro atoms. The average Bonchev–Trinajstić information content (AvgIpc) is 3.11. The van der Waals surface area contributed by atoms with Crippen molar-refractivity contribution < 1.29 is 4.79 Å². The molecule has 1 fully saturated rings. The lowest BCUT2D eigenvalue weighted by molar-refractivity contribution is -0.117. The maximum absolute atomic E-state index is 12.3. The topological polar surface area (TPSA) is 35.6 Å². The second-order valence-electron chi connectivity index (χ2n) is 6.99. The number of nitrogens with one attached hydrogen (secondary N) is 1. The molecule has 0 aromatic heterocycles. The minimum atomic E-state index is -0.0214. The summed E-state index contributed by atoms with van der Waals surface area (Å²) in [6.07, 6.45) is 2.60. The van der Waals surface area contributed by atoms with Crippen LogP contribution in [0.5, 0.6) is 0 Å². The molecular formula is C21H26ClN3O. The first kappa shape index (κ1) is 18.9. The van der Waals surface area contributed by atoms with Gasteiger partial charge in [-0.05, 0) is 62.3 Å². The fourth-order valence-electron chi connectivity index (χ4n) is 3.31. The zero-order valence-corrected chi connectivity index (χ0v) is 16.0. The molecule has 0 unspecified atom stereocenters. The van der Waals surface area contributed by atoms with E-state index in [4.69, 9.17) is 11.6 Å². The lowest BCUT2D eigenvalue weighted by Crippen LogP contribution is -2.29. The molecule has 5 heteroatoms. The highest BCUT2D eigenvalue weighted by Gasteiger charge is 2.12. The summed E-state index contributed by atoms with van der Waals surface area (Å²) in [5, 5.41) is 3.70. The number of halogens is 1. The third kappa shape index (κ3) is 5.56. The van der Waals surface area contributed by atoms with E-state index in [2.05, 4.69) is 22.3 Å². The predicted octanol–water partition coefficient (Wildman–Crippen LogP) is 4.01. The second-order valence-corrected chi connectivity index (χ2v) is 7.40. The van der Waals surface area contributed by atoms with Gasteiger partial charge in [-0.3, -0.25) is 14.6 Å². The first-order chi connectivity index (χ1) is 12.6. The van der Waals surface area contributed by atoms with Crippen molar-refractivity contribution in [1.29, 1.82) is 0 Å². The van der Waals surface area contributed by atoms with Gasteiger partial charge in [0.1, 0.15) is 0 Å². The van der Waals surface area contributed by atoms with Crippen LogP contribution in [0.2, 0.25) is 5.02 Å². The number of nitrogens with zero attached hydrogens (tertiary/aromatic N) is 2. The molecule has 0 aliphatic carbocycles. The van der Waals surface area contributed by atoms with Crippen molar-refractivity contribution >= 4 is 23.2 Å². The zero-order chi connectivity index (χ0) is 18.4. The predicted molar refractivity (Wildman–Crippen MR) is 107 cm³/mol. The van der Waals surface area contributed by atoms with Crippen molar-refractivity contribution in [1.82, 2.24) is 9.80 Å². The summed E-state index contributed by atoms with van der Waals surface area (Å²) >= 11 is 6.18. The normalized spacial score (nSPS) is 14.7. The maximum Gasteiger partial charge on any atom is 0.238 e. The Kier molecular flexibility index (Phi) is 6.67. The number of amides is 1. The van der Waals surface area contributed by atoms with Gasteiger partial charge in [0.05, 0.1) is 6.54 Å². The molecule has 138 valence electrons. The molecule has 1 aliphatic rings. The molecule has 0 radical (unpaired) electrons. The number of carbonyl (C=O) groups is 1. The minimum Gasteiger partial charge on any atom is -0.325 e. The number of hydrogen-bond donors (Lipinski definition) is 1. The van der Waals surface area contributed by atoms with Gasteiger partial charge < -0.3 is 5.32 Å². The van der Waals surface area contributed by atoms with Gasteiger partial charge in [-0.1, -0.05) is 41.9 Å². The van der Waals surface area contributed by atoms with E-state index in [0.717, 1.165) is 22.8 Å². The number of carbonyl (C=O) groups excluding carboxylic acids is 1. The van der Waals surface area contributed by atoms with E-state index in [1.165, 1.54) is 31.5 Å². The van der Waals surface area contributed by atoms with E-state index in [0.29, 0.717) is 13.1 Å². The lowest BCUT2D eigenvalue weighted by Gasteiger charge is -2.17. The summed E-state index contributed by atoms with van der Waals surface area (Å²) in [6, 6.07) is 15.9. The molecule has 2 aromatic rings. The number of hydrogen-bond acceptors (Lipinski definition) is 3. The molecule has 3 rings (SSSR count). The summed E-state index contributed by atoms with van der Waals surface area (Å²) in [5.74, 6) is -0.0214. The molecule has 2 aromatic carbocycles. The van der Waals surface area contributed by atoms with Crippen LogP contribution in [0.4, 0.5) is 5.69 Å². The lowest BCUT2D eigenvalue weighted by atomic mass is 10.2. The van der Waals surface area contributed by atoms with Gasteiger partial charge in [0.15, 0.2) is 0 Å². The number of benzene rings is 2. The molecule has 4 nitrogen and oxygen atoms in total. The highest BCUT2D eigenvalue weighted by Crippen LogP contribution is 2.17. The van der Waals surface area contributed by atoms with E-state index in [1.54, 1.807) is 0 Å². The molecule has 0 saturated carbocycles. The van der Waals surface area contributed by atoms with Gasteiger partial charge >= 0.3 is 0 Å². The Morgan fingerprint density at radius 1 is 1.12 bits per heavy atom. The van der Waals surface area contributed by atoms with Crippen molar-refractivity contribution in [2.45, 2.75) is 25.9 Å². The molecule has 0 bridgehead atoms. The van der Waals surface area contributed by atoms with Crippen molar-refractivity contribution in [3.05, 3.63) is 64.7 Å². The van der Waals surface area contributed by atoms with E-state index in [1.807, 2.05) is 48.3 Å². The number of rotatable bonds is 7. The third-order valence-corrected chi connectivity index (χ3v) is 5.02. The summed E-state index contributed by atoms with van der Waals surface area (Å²) in [4.78, 5) is 16.7. The van der Waals surface area contributed by atoms with Crippen LogP contribution >= 0.6 is 11.6 Å². The number of likely N-dealkylation sites (tertiary alicyclic amines) is 1. The Labute approximate surface area is 160 Å². The summed E-state index contributed by atoms with van der Waals surface area (Å²) in [6.45, 7) is 4.34. The number of anilines is 1. The van der Waals surface area contributed by atoms with Crippen LogP contribution in [0.1, 0.15) is 24.0 Å².